The largest absolute Gasteiger partial charge is 0.296 e. The van der Waals surface area contributed by atoms with E-state index in [0.717, 1.165) is 26.9 Å². The fourth-order valence-corrected chi connectivity index (χ4v) is 4.78. The van der Waals surface area contributed by atoms with Crippen LogP contribution in [0.25, 0.3) is 32.3 Å². The fourth-order valence-electron chi connectivity index (χ4n) is 3.03. The van der Waals surface area contributed by atoms with Gasteiger partial charge in [-0.05, 0) is 61.1 Å². The Kier molecular flexibility index (Phi) is 3.20. The van der Waals surface area contributed by atoms with Gasteiger partial charge in [0.1, 0.15) is 4.90 Å². The number of fused-ring (bicyclic) bond motifs is 4. The molecule has 0 spiro atoms. The molecule has 0 aliphatic heterocycles. The van der Waals surface area contributed by atoms with Gasteiger partial charge in [0.25, 0.3) is 10.1 Å². The van der Waals surface area contributed by atoms with Gasteiger partial charge >= 0.3 is 0 Å². The first-order valence-corrected chi connectivity index (χ1v) is 9.20. The molecule has 0 aliphatic rings. The van der Waals surface area contributed by atoms with Crippen LogP contribution in [0.15, 0.2) is 70.0 Å². The number of hydrogen-bond acceptors (Lipinski definition) is 2. The summed E-state index contributed by atoms with van der Waals surface area (Å²) in [5.41, 5.74) is 0. The van der Waals surface area contributed by atoms with Crippen molar-refractivity contribution in [1.82, 2.24) is 0 Å². The Bertz CT molecular complexity index is 1200. The lowest BCUT2D eigenvalue weighted by Crippen LogP contribution is -2.01. The summed E-state index contributed by atoms with van der Waals surface area (Å²) in [7, 11) is -4.35. The molecule has 0 saturated carbocycles. The molecule has 0 atom stereocenters. The van der Waals surface area contributed by atoms with Crippen LogP contribution in [0.4, 0.5) is 0 Å². The van der Waals surface area contributed by atoms with Crippen molar-refractivity contribution in [3.8, 4) is 0 Å². The Labute approximate surface area is 141 Å². The summed E-state index contributed by atoms with van der Waals surface area (Å²) >= 11 is 3.25. The van der Waals surface area contributed by atoms with Crippen molar-refractivity contribution in [2.24, 2.45) is 0 Å². The van der Waals surface area contributed by atoms with Crippen LogP contribution in [0.2, 0.25) is 0 Å². The lowest BCUT2D eigenvalue weighted by atomic mass is 9.98. The van der Waals surface area contributed by atoms with E-state index in [4.69, 9.17) is 0 Å². The summed E-state index contributed by atoms with van der Waals surface area (Å²) in [6, 6.07) is 19.2. The molecule has 4 rings (SSSR count). The number of halogens is 1. The topological polar surface area (TPSA) is 54.4 Å². The van der Waals surface area contributed by atoms with E-state index in [2.05, 4.69) is 15.9 Å². The molecule has 3 nitrogen and oxygen atoms in total. The van der Waals surface area contributed by atoms with Crippen molar-refractivity contribution >= 4 is 58.4 Å². The SMILES string of the molecule is O=S(=O)(O)c1c(Br)ccc2ccc3cc4ccccc4cc3c12. The van der Waals surface area contributed by atoms with Crippen molar-refractivity contribution in [1.29, 1.82) is 0 Å². The minimum atomic E-state index is -4.35. The predicted octanol–water partition coefficient (Wildman–Crippen LogP) is 5.16. The smallest absolute Gasteiger partial charge is 0.282 e. The summed E-state index contributed by atoms with van der Waals surface area (Å²) < 4.78 is 33.8. The standard InChI is InChI=1S/C18H11BrO3S/c19-16-8-7-11-5-6-14-9-12-3-1-2-4-13(12)10-15(14)17(11)18(16)23(20,21)22/h1-10H,(H,20,21,22). The Balaban J connectivity index is 2.32. The Morgan fingerprint density at radius 3 is 2.09 bits per heavy atom. The molecule has 1 N–H and O–H groups in total. The molecule has 0 radical (unpaired) electrons. The van der Waals surface area contributed by atoms with E-state index < -0.39 is 10.1 Å². The van der Waals surface area contributed by atoms with E-state index in [1.165, 1.54) is 0 Å². The summed E-state index contributed by atoms with van der Waals surface area (Å²) in [5.74, 6) is 0. The van der Waals surface area contributed by atoms with Gasteiger partial charge in [-0.1, -0.05) is 42.5 Å². The van der Waals surface area contributed by atoms with Crippen molar-refractivity contribution < 1.29 is 13.0 Å². The number of benzene rings is 4. The van der Waals surface area contributed by atoms with E-state index in [-0.39, 0.29) is 4.90 Å². The van der Waals surface area contributed by atoms with Gasteiger partial charge in [0.15, 0.2) is 0 Å². The molecule has 0 unspecified atom stereocenters. The van der Waals surface area contributed by atoms with Gasteiger partial charge in [-0.25, -0.2) is 0 Å². The molecule has 0 heterocycles. The van der Waals surface area contributed by atoms with Crippen LogP contribution in [0.3, 0.4) is 0 Å². The molecule has 0 saturated heterocycles. The molecule has 114 valence electrons. The van der Waals surface area contributed by atoms with Crippen molar-refractivity contribution in [2.75, 3.05) is 0 Å². The third-order valence-corrected chi connectivity index (χ3v) is 5.89. The molecule has 5 heteroatoms. The average molecular weight is 387 g/mol. The first-order valence-electron chi connectivity index (χ1n) is 6.96. The second-order valence-electron chi connectivity index (χ2n) is 5.44. The van der Waals surface area contributed by atoms with E-state index in [1.54, 1.807) is 6.07 Å². The predicted molar refractivity (Wildman–Crippen MR) is 96.5 cm³/mol. The zero-order valence-corrected chi connectivity index (χ0v) is 14.2. The van der Waals surface area contributed by atoms with E-state index >= 15 is 0 Å². The van der Waals surface area contributed by atoms with Crippen LogP contribution in [0.1, 0.15) is 0 Å². The molecule has 0 amide bonds. The number of rotatable bonds is 1. The highest BCUT2D eigenvalue weighted by Gasteiger charge is 2.20. The summed E-state index contributed by atoms with van der Waals surface area (Å²) in [6.07, 6.45) is 0. The van der Waals surface area contributed by atoms with Gasteiger partial charge in [0, 0.05) is 9.86 Å². The molecule has 23 heavy (non-hydrogen) atoms. The maximum Gasteiger partial charge on any atom is 0.296 e. The minimum Gasteiger partial charge on any atom is -0.282 e. The second-order valence-corrected chi connectivity index (χ2v) is 7.65. The van der Waals surface area contributed by atoms with E-state index in [1.807, 2.05) is 54.6 Å². The van der Waals surface area contributed by atoms with Gasteiger partial charge in [0.05, 0.1) is 0 Å². The fraction of sp³-hybridized carbons (Fsp3) is 0. The lowest BCUT2D eigenvalue weighted by Gasteiger charge is -2.11. The summed E-state index contributed by atoms with van der Waals surface area (Å²) in [4.78, 5) is -0.0871. The third kappa shape index (κ3) is 2.32. The van der Waals surface area contributed by atoms with E-state index in [0.29, 0.717) is 9.86 Å². The van der Waals surface area contributed by atoms with Crippen molar-refractivity contribution in [3.63, 3.8) is 0 Å². The quantitative estimate of drug-likeness (QED) is 0.279. The second kappa shape index (κ2) is 5.03. The van der Waals surface area contributed by atoms with Crippen LogP contribution < -0.4 is 0 Å². The average Bonchev–Trinajstić information content (AvgIpc) is 2.51. The maximum absolute atomic E-state index is 11.9. The first-order chi connectivity index (χ1) is 10.9. The molecule has 0 aromatic heterocycles. The molecule has 0 fully saturated rings. The Morgan fingerprint density at radius 1 is 0.783 bits per heavy atom. The normalized spacial score (nSPS) is 12.3. The molecule has 0 bridgehead atoms. The van der Waals surface area contributed by atoms with Crippen molar-refractivity contribution in [2.45, 2.75) is 4.90 Å². The maximum atomic E-state index is 11.9. The summed E-state index contributed by atoms with van der Waals surface area (Å²) in [6.45, 7) is 0. The zero-order valence-electron chi connectivity index (χ0n) is 11.8. The van der Waals surface area contributed by atoms with Crippen LogP contribution in [0.5, 0.6) is 0 Å². The van der Waals surface area contributed by atoms with Crippen LogP contribution >= 0.6 is 15.9 Å². The number of hydrogen-bond donors (Lipinski definition) is 1. The van der Waals surface area contributed by atoms with Gasteiger partial charge in [-0.2, -0.15) is 8.42 Å². The summed E-state index contributed by atoms with van der Waals surface area (Å²) in [5, 5.41) is 5.14. The van der Waals surface area contributed by atoms with Gasteiger partial charge in [-0.3, -0.25) is 4.55 Å². The monoisotopic (exact) mass is 386 g/mol. The molecule has 0 aliphatic carbocycles. The highest BCUT2D eigenvalue weighted by Crippen LogP contribution is 2.37. The molecule has 4 aromatic carbocycles. The van der Waals surface area contributed by atoms with Gasteiger partial charge < -0.3 is 0 Å². The minimum absolute atomic E-state index is 0.0871. The van der Waals surface area contributed by atoms with Crippen LogP contribution in [-0.2, 0) is 10.1 Å². The lowest BCUT2D eigenvalue weighted by molar-refractivity contribution is 0.484. The molecular weight excluding hydrogens is 376 g/mol. The molecular formula is C18H11BrO3S. The zero-order chi connectivity index (χ0) is 16.2. The Morgan fingerprint density at radius 2 is 1.39 bits per heavy atom. The van der Waals surface area contributed by atoms with Crippen molar-refractivity contribution in [3.05, 3.63) is 65.1 Å². The highest BCUT2D eigenvalue weighted by molar-refractivity contribution is 9.10. The van der Waals surface area contributed by atoms with Crippen LogP contribution in [-0.4, -0.2) is 13.0 Å². The van der Waals surface area contributed by atoms with Gasteiger partial charge in [0.2, 0.25) is 0 Å². The van der Waals surface area contributed by atoms with Gasteiger partial charge in [-0.15, -0.1) is 0 Å². The first kappa shape index (κ1) is 14.6. The third-order valence-electron chi connectivity index (χ3n) is 4.03. The van der Waals surface area contributed by atoms with E-state index in [9.17, 15) is 13.0 Å². The van der Waals surface area contributed by atoms with Crippen LogP contribution in [0, 0.1) is 0 Å². The Hall–Kier alpha value is -1.95. The highest BCUT2D eigenvalue weighted by atomic mass is 79.9. The molecule has 4 aromatic rings.